The fourth-order valence-corrected chi connectivity index (χ4v) is 3.88. The molecule has 4 rings (SSSR count). The second kappa shape index (κ2) is 7.91. The van der Waals surface area contributed by atoms with E-state index in [1.54, 1.807) is 13.1 Å². The van der Waals surface area contributed by atoms with Crippen molar-refractivity contribution in [3.05, 3.63) is 83.2 Å². The molecule has 0 saturated carbocycles. The van der Waals surface area contributed by atoms with E-state index in [0.29, 0.717) is 5.56 Å². The van der Waals surface area contributed by atoms with Crippen molar-refractivity contribution in [2.24, 2.45) is 10.7 Å². The molecule has 0 radical (unpaired) electrons. The van der Waals surface area contributed by atoms with Gasteiger partial charge < -0.3 is 5.73 Å². The molecule has 1 aromatic carbocycles. The molecule has 3 heterocycles. The lowest BCUT2D eigenvalue weighted by Gasteiger charge is -2.27. The van der Waals surface area contributed by atoms with E-state index in [9.17, 15) is 9.18 Å². The molecule has 7 heteroatoms. The summed E-state index contributed by atoms with van der Waals surface area (Å²) in [5.41, 5.74) is 9.56. The van der Waals surface area contributed by atoms with Crippen molar-refractivity contribution in [3.8, 4) is 11.1 Å². The number of likely N-dealkylation sites (N-methyl/N-ethyl adjacent to an activating group) is 1. The van der Waals surface area contributed by atoms with Crippen LogP contribution in [0.2, 0.25) is 0 Å². The van der Waals surface area contributed by atoms with Gasteiger partial charge in [0, 0.05) is 30.2 Å². The van der Waals surface area contributed by atoms with E-state index in [0.717, 1.165) is 40.9 Å². The summed E-state index contributed by atoms with van der Waals surface area (Å²) < 4.78 is 13.3. The van der Waals surface area contributed by atoms with Gasteiger partial charge >= 0.3 is 0 Å². The minimum atomic E-state index is -1.31. The van der Waals surface area contributed by atoms with Crippen LogP contribution >= 0.6 is 0 Å². The van der Waals surface area contributed by atoms with Gasteiger partial charge in [-0.3, -0.25) is 14.7 Å². The molecule has 2 N–H and O–H groups in total. The van der Waals surface area contributed by atoms with Gasteiger partial charge in [-0.1, -0.05) is 32.0 Å². The van der Waals surface area contributed by atoms with Gasteiger partial charge in [0.2, 0.25) is 5.95 Å². The number of amides is 1. The third kappa shape index (κ3) is 3.46. The molecule has 0 unspecified atom stereocenters. The SMILES string of the molecule is CCc1cc([C@]2(c3cccc(-c4ccc(F)nc4)c3)N=C(N)N(C)C2=O)cc(CC)n1. The highest BCUT2D eigenvalue weighted by molar-refractivity contribution is 6.09. The number of rotatable bonds is 5. The maximum atomic E-state index is 13.6. The number of carbonyl (C=O) groups excluding carboxylic acids is 1. The molecule has 6 nitrogen and oxygen atoms in total. The molecular formula is C24H24FN5O. The molecule has 0 saturated heterocycles. The van der Waals surface area contributed by atoms with Crippen LogP contribution in [0.1, 0.15) is 36.4 Å². The Balaban J connectivity index is 1.96. The summed E-state index contributed by atoms with van der Waals surface area (Å²) >= 11 is 0. The van der Waals surface area contributed by atoms with Crippen LogP contribution in [-0.4, -0.2) is 33.8 Å². The highest BCUT2D eigenvalue weighted by atomic mass is 19.1. The van der Waals surface area contributed by atoms with Crippen LogP contribution in [0.25, 0.3) is 11.1 Å². The number of aromatic nitrogens is 2. The monoisotopic (exact) mass is 417 g/mol. The van der Waals surface area contributed by atoms with E-state index < -0.39 is 11.5 Å². The maximum absolute atomic E-state index is 13.6. The van der Waals surface area contributed by atoms with Crippen LogP contribution in [0.15, 0.2) is 59.7 Å². The van der Waals surface area contributed by atoms with Crippen molar-refractivity contribution in [1.82, 2.24) is 14.9 Å². The van der Waals surface area contributed by atoms with Gasteiger partial charge in [-0.05, 0) is 59.9 Å². The van der Waals surface area contributed by atoms with Crippen LogP contribution < -0.4 is 5.73 Å². The third-order valence-electron chi connectivity index (χ3n) is 5.65. The molecular weight excluding hydrogens is 393 g/mol. The van der Waals surface area contributed by atoms with Crippen molar-refractivity contribution in [2.45, 2.75) is 32.2 Å². The number of aryl methyl sites for hydroxylation is 2. The molecule has 1 aliphatic rings. The number of nitrogens with zero attached hydrogens (tertiary/aromatic N) is 4. The van der Waals surface area contributed by atoms with Gasteiger partial charge in [-0.15, -0.1) is 0 Å². The second-order valence-electron chi connectivity index (χ2n) is 7.54. The van der Waals surface area contributed by atoms with Gasteiger partial charge in [0.25, 0.3) is 5.91 Å². The van der Waals surface area contributed by atoms with Crippen LogP contribution in [0.4, 0.5) is 4.39 Å². The van der Waals surface area contributed by atoms with E-state index in [2.05, 4.69) is 15.0 Å². The first-order valence-electron chi connectivity index (χ1n) is 10.2. The highest BCUT2D eigenvalue weighted by Crippen LogP contribution is 2.41. The average molecular weight is 417 g/mol. The summed E-state index contributed by atoms with van der Waals surface area (Å²) in [6.45, 7) is 4.06. The quantitative estimate of drug-likeness (QED) is 0.645. The minimum absolute atomic E-state index is 0.159. The Morgan fingerprint density at radius 1 is 1.00 bits per heavy atom. The number of hydrogen-bond donors (Lipinski definition) is 1. The highest BCUT2D eigenvalue weighted by Gasteiger charge is 2.49. The maximum Gasteiger partial charge on any atom is 0.266 e. The minimum Gasteiger partial charge on any atom is -0.369 e. The lowest BCUT2D eigenvalue weighted by molar-refractivity contribution is -0.129. The van der Waals surface area contributed by atoms with Crippen LogP contribution in [0.5, 0.6) is 0 Å². The van der Waals surface area contributed by atoms with Gasteiger partial charge in [0.05, 0.1) is 0 Å². The Hall–Kier alpha value is -3.61. The fraction of sp³-hybridized carbons (Fsp3) is 0.250. The zero-order valence-electron chi connectivity index (χ0n) is 17.8. The number of aliphatic imine (C=N–C) groups is 1. The van der Waals surface area contributed by atoms with Crippen molar-refractivity contribution in [2.75, 3.05) is 7.05 Å². The zero-order chi connectivity index (χ0) is 22.2. The number of halogens is 1. The molecule has 31 heavy (non-hydrogen) atoms. The van der Waals surface area contributed by atoms with E-state index in [1.165, 1.54) is 17.2 Å². The summed E-state index contributed by atoms with van der Waals surface area (Å²) in [7, 11) is 1.62. The summed E-state index contributed by atoms with van der Waals surface area (Å²) in [6.07, 6.45) is 2.95. The van der Waals surface area contributed by atoms with E-state index in [-0.39, 0.29) is 11.9 Å². The number of nitrogens with two attached hydrogens (primary N) is 1. The number of hydrogen-bond acceptors (Lipinski definition) is 5. The van der Waals surface area contributed by atoms with E-state index in [1.807, 2.05) is 50.2 Å². The molecule has 1 atom stereocenters. The topological polar surface area (TPSA) is 84.5 Å². The van der Waals surface area contributed by atoms with Crippen LogP contribution in [0, 0.1) is 5.95 Å². The van der Waals surface area contributed by atoms with Crippen molar-refractivity contribution in [3.63, 3.8) is 0 Å². The number of pyridine rings is 2. The predicted octanol–water partition coefficient (Wildman–Crippen LogP) is 3.44. The standard InChI is InChI=1S/C24H24FN5O/c1-4-19-12-18(13-20(5-2)28-19)24(22(31)30(3)23(26)29-24)17-8-6-7-15(11-17)16-9-10-21(25)27-14-16/h6-14H,4-5H2,1-3H3,(H2,26,29)/t24-/m0/s1. The van der Waals surface area contributed by atoms with Gasteiger partial charge in [0.15, 0.2) is 11.5 Å². The molecule has 3 aromatic rings. The van der Waals surface area contributed by atoms with Crippen molar-refractivity contribution < 1.29 is 9.18 Å². The predicted molar refractivity (Wildman–Crippen MR) is 118 cm³/mol. The first-order valence-corrected chi connectivity index (χ1v) is 10.2. The molecule has 0 spiro atoms. The normalized spacial score (nSPS) is 18.4. The lowest BCUT2D eigenvalue weighted by Crippen LogP contribution is -2.41. The summed E-state index contributed by atoms with van der Waals surface area (Å²) in [5, 5.41) is 0. The molecule has 0 bridgehead atoms. The van der Waals surface area contributed by atoms with E-state index >= 15 is 0 Å². The third-order valence-corrected chi connectivity index (χ3v) is 5.65. The first-order chi connectivity index (χ1) is 14.9. The van der Waals surface area contributed by atoms with Crippen LogP contribution in [0.3, 0.4) is 0 Å². The Morgan fingerprint density at radius 2 is 1.71 bits per heavy atom. The van der Waals surface area contributed by atoms with Gasteiger partial charge in [-0.25, -0.2) is 9.98 Å². The molecule has 0 fully saturated rings. The lowest BCUT2D eigenvalue weighted by atomic mass is 9.81. The fourth-order valence-electron chi connectivity index (χ4n) is 3.88. The average Bonchev–Trinajstić information content (AvgIpc) is 3.04. The molecule has 1 aliphatic heterocycles. The second-order valence-corrected chi connectivity index (χ2v) is 7.54. The summed E-state index contributed by atoms with van der Waals surface area (Å²) in [6, 6.07) is 14.3. The molecule has 158 valence electrons. The van der Waals surface area contributed by atoms with Crippen LogP contribution in [-0.2, 0) is 23.2 Å². The summed E-state index contributed by atoms with van der Waals surface area (Å²) in [5.74, 6) is -0.612. The Labute approximate surface area is 180 Å². The van der Waals surface area contributed by atoms with E-state index in [4.69, 9.17) is 5.73 Å². The number of benzene rings is 1. The first kappa shape index (κ1) is 20.7. The van der Waals surface area contributed by atoms with Gasteiger partial charge in [-0.2, -0.15) is 4.39 Å². The smallest absolute Gasteiger partial charge is 0.266 e. The molecule has 1 amide bonds. The Kier molecular flexibility index (Phi) is 5.27. The molecule has 0 aliphatic carbocycles. The van der Waals surface area contributed by atoms with Gasteiger partial charge in [0.1, 0.15) is 0 Å². The van der Waals surface area contributed by atoms with Crippen molar-refractivity contribution in [1.29, 1.82) is 0 Å². The van der Waals surface area contributed by atoms with Crippen molar-refractivity contribution >= 4 is 11.9 Å². The number of carbonyl (C=O) groups is 1. The largest absolute Gasteiger partial charge is 0.369 e. The Morgan fingerprint density at radius 3 is 2.26 bits per heavy atom. The zero-order valence-corrected chi connectivity index (χ0v) is 17.8. The Bertz CT molecular complexity index is 1150. The number of guanidine groups is 1. The summed E-state index contributed by atoms with van der Waals surface area (Å²) in [4.78, 5) is 28.0. The molecule has 2 aromatic heterocycles.